The number of halogens is 2. The summed E-state index contributed by atoms with van der Waals surface area (Å²) in [5.74, 6) is -0.286. The third-order valence-corrected chi connectivity index (χ3v) is 3.79. The second-order valence-electron chi connectivity index (χ2n) is 5.08. The van der Waals surface area contributed by atoms with Gasteiger partial charge in [0.25, 0.3) is 5.91 Å². The van der Waals surface area contributed by atoms with Crippen molar-refractivity contribution in [2.24, 2.45) is 5.73 Å². The fourth-order valence-corrected chi connectivity index (χ4v) is 2.42. The Labute approximate surface area is 159 Å². The largest absolute Gasteiger partial charge is 0.489 e. The van der Waals surface area contributed by atoms with Crippen molar-refractivity contribution in [3.63, 3.8) is 0 Å². The molecule has 0 unspecified atom stereocenters. The minimum absolute atomic E-state index is 0.245. The molecule has 0 aliphatic heterocycles. The number of carbonyl (C=O) groups is 2. The van der Waals surface area contributed by atoms with Gasteiger partial charge in [-0.2, -0.15) is 5.26 Å². The third-order valence-electron chi connectivity index (χ3n) is 3.20. The zero-order valence-corrected chi connectivity index (χ0v) is 14.8. The van der Waals surface area contributed by atoms with E-state index in [1.54, 1.807) is 48.5 Å². The van der Waals surface area contributed by atoms with Crippen molar-refractivity contribution in [1.29, 1.82) is 5.26 Å². The van der Waals surface area contributed by atoms with E-state index in [-0.39, 0.29) is 12.2 Å². The highest BCUT2D eigenvalue weighted by molar-refractivity contribution is 6.35. The minimum Gasteiger partial charge on any atom is -0.489 e. The molecule has 3 N–H and O–H groups in total. The van der Waals surface area contributed by atoms with Crippen molar-refractivity contribution in [1.82, 2.24) is 5.32 Å². The van der Waals surface area contributed by atoms with Crippen LogP contribution in [-0.4, -0.2) is 11.9 Å². The van der Waals surface area contributed by atoms with Gasteiger partial charge in [0.05, 0.1) is 0 Å². The molecule has 0 aromatic heterocycles. The van der Waals surface area contributed by atoms with Gasteiger partial charge in [0.1, 0.15) is 24.0 Å². The lowest BCUT2D eigenvalue weighted by Crippen LogP contribution is -2.35. The van der Waals surface area contributed by atoms with E-state index in [1.807, 2.05) is 5.32 Å². The fraction of sp³-hybridized carbons (Fsp3) is 0.0556. The molecule has 2 aromatic carbocycles. The van der Waals surface area contributed by atoms with Gasteiger partial charge in [0.15, 0.2) is 0 Å². The first kappa shape index (κ1) is 19.3. The van der Waals surface area contributed by atoms with Crippen molar-refractivity contribution in [3.05, 3.63) is 69.2 Å². The summed E-state index contributed by atoms with van der Waals surface area (Å²) >= 11 is 11.9. The molecule has 6 nitrogen and oxygen atoms in total. The normalized spacial score (nSPS) is 10.7. The van der Waals surface area contributed by atoms with E-state index in [1.165, 1.54) is 6.08 Å². The number of benzene rings is 2. The molecule has 0 heterocycles. The van der Waals surface area contributed by atoms with Gasteiger partial charge in [0, 0.05) is 15.6 Å². The summed E-state index contributed by atoms with van der Waals surface area (Å²) in [4.78, 5) is 22.3. The van der Waals surface area contributed by atoms with Gasteiger partial charge in [-0.15, -0.1) is 0 Å². The molecular weight excluding hydrogens is 377 g/mol. The Morgan fingerprint density at radius 3 is 2.46 bits per heavy atom. The number of imide groups is 1. The molecule has 8 heteroatoms. The molecule has 0 fully saturated rings. The molecule has 26 heavy (non-hydrogen) atoms. The maximum atomic E-state index is 11.6. The molecular formula is C18H13Cl2N3O3. The van der Waals surface area contributed by atoms with Gasteiger partial charge in [-0.05, 0) is 35.9 Å². The van der Waals surface area contributed by atoms with E-state index in [0.717, 1.165) is 5.56 Å². The Kier molecular flexibility index (Phi) is 6.61. The third kappa shape index (κ3) is 5.52. The average Bonchev–Trinajstić information content (AvgIpc) is 2.59. The first-order chi connectivity index (χ1) is 12.4. The number of urea groups is 1. The number of nitrogens with zero attached hydrogens (tertiary/aromatic N) is 1. The second-order valence-corrected chi connectivity index (χ2v) is 5.93. The van der Waals surface area contributed by atoms with Crippen LogP contribution in [0.25, 0.3) is 6.08 Å². The monoisotopic (exact) mass is 389 g/mol. The van der Waals surface area contributed by atoms with Gasteiger partial charge in [-0.3, -0.25) is 10.1 Å². The van der Waals surface area contributed by atoms with E-state index in [4.69, 9.17) is 38.9 Å². The Morgan fingerprint density at radius 1 is 1.19 bits per heavy atom. The Hall–Kier alpha value is -3.01. The van der Waals surface area contributed by atoms with Crippen molar-refractivity contribution < 1.29 is 14.3 Å². The lowest BCUT2D eigenvalue weighted by Gasteiger charge is -2.08. The molecule has 132 valence electrons. The zero-order chi connectivity index (χ0) is 19.1. The summed E-state index contributed by atoms with van der Waals surface area (Å²) in [5.41, 5.74) is 5.98. The van der Waals surface area contributed by atoms with E-state index < -0.39 is 11.9 Å². The van der Waals surface area contributed by atoms with Crippen LogP contribution in [0.15, 0.2) is 48.0 Å². The topological polar surface area (TPSA) is 105 Å². The highest BCUT2D eigenvalue weighted by Gasteiger charge is 2.10. The molecule has 0 radical (unpaired) electrons. The molecule has 2 aromatic rings. The van der Waals surface area contributed by atoms with Crippen LogP contribution in [0.3, 0.4) is 0 Å². The van der Waals surface area contributed by atoms with Crippen molar-refractivity contribution in [2.45, 2.75) is 6.61 Å². The molecule has 0 aliphatic rings. The van der Waals surface area contributed by atoms with Crippen LogP contribution in [0.1, 0.15) is 11.1 Å². The highest BCUT2D eigenvalue weighted by atomic mass is 35.5. The van der Waals surface area contributed by atoms with E-state index in [9.17, 15) is 9.59 Å². The first-order valence-corrected chi connectivity index (χ1v) is 8.04. The van der Waals surface area contributed by atoms with Crippen molar-refractivity contribution >= 4 is 41.2 Å². The Balaban J connectivity index is 2.05. The van der Waals surface area contributed by atoms with Crippen LogP contribution in [0.5, 0.6) is 5.75 Å². The number of nitriles is 1. The minimum atomic E-state index is -1.03. The Bertz CT molecular complexity index is 903. The van der Waals surface area contributed by atoms with Crippen LogP contribution in [0.4, 0.5) is 4.79 Å². The highest BCUT2D eigenvalue weighted by Crippen LogP contribution is 2.23. The zero-order valence-electron chi connectivity index (χ0n) is 13.3. The molecule has 0 spiro atoms. The number of amides is 3. The van der Waals surface area contributed by atoms with E-state index in [2.05, 4.69) is 0 Å². The number of primary amides is 1. The second kappa shape index (κ2) is 8.90. The lowest BCUT2D eigenvalue weighted by molar-refractivity contribution is -0.115. The number of nitrogens with two attached hydrogens (primary N) is 1. The molecule has 2 rings (SSSR count). The summed E-state index contributed by atoms with van der Waals surface area (Å²) in [6.07, 6.45) is 1.33. The number of nitrogens with one attached hydrogen (secondary N) is 1. The molecule has 3 amide bonds. The fourth-order valence-electron chi connectivity index (χ4n) is 1.95. The number of ether oxygens (including phenoxy) is 1. The summed E-state index contributed by atoms with van der Waals surface area (Å²) in [5, 5.41) is 11.9. The van der Waals surface area contributed by atoms with Crippen LogP contribution in [0, 0.1) is 11.3 Å². The summed E-state index contributed by atoms with van der Waals surface area (Å²) in [6, 6.07) is 12.5. The molecule has 0 saturated carbocycles. The van der Waals surface area contributed by atoms with Crippen LogP contribution in [0.2, 0.25) is 10.0 Å². The van der Waals surface area contributed by atoms with E-state index in [0.29, 0.717) is 21.4 Å². The molecule has 0 saturated heterocycles. The standard InChI is InChI=1S/C18H13Cl2N3O3/c19-14-4-3-12(16(20)8-14)10-26-15-5-1-11(2-6-15)7-13(9-21)17(24)23-18(22)25/h1-8H,10H2,(H3,22,23,24,25)/b13-7-. The predicted octanol–water partition coefficient (Wildman–Crippen LogP) is 3.67. The van der Waals surface area contributed by atoms with E-state index >= 15 is 0 Å². The molecule has 0 aliphatic carbocycles. The molecule has 0 atom stereocenters. The van der Waals surface area contributed by atoms with Gasteiger partial charge < -0.3 is 10.5 Å². The van der Waals surface area contributed by atoms with Crippen LogP contribution in [-0.2, 0) is 11.4 Å². The number of hydrogen-bond acceptors (Lipinski definition) is 4. The average molecular weight is 390 g/mol. The summed E-state index contributed by atoms with van der Waals surface area (Å²) in [7, 11) is 0. The quantitative estimate of drug-likeness (QED) is 0.600. The SMILES string of the molecule is N#C/C(=C/c1ccc(OCc2ccc(Cl)cc2Cl)cc1)C(=O)NC(N)=O. The predicted molar refractivity (Wildman–Crippen MR) is 98.6 cm³/mol. The number of hydrogen-bond donors (Lipinski definition) is 2. The first-order valence-electron chi connectivity index (χ1n) is 7.28. The summed E-state index contributed by atoms with van der Waals surface area (Å²) in [6.45, 7) is 0.260. The maximum absolute atomic E-state index is 11.6. The van der Waals surface area contributed by atoms with Crippen LogP contribution >= 0.6 is 23.2 Å². The van der Waals surface area contributed by atoms with Gasteiger partial charge in [-0.1, -0.05) is 41.4 Å². The molecule has 0 bridgehead atoms. The van der Waals surface area contributed by atoms with Crippen molar-refractivity contribution in [2.75, 3.05) is 0 Å². The van der Waals surface area contributed by atoms with Gasteiger partial charge in [-0.25, -0.2) is 4.79 Å². The number of rotatable bonds is 5. The van der Waals surface area contributed by atoms with Gasteiger partial charge in [0.2, 0.25) is 0 Å². The smallest absolute Gasteiger partial charge is 0.319 e. The van der Waals surface area contributed by atoms with Crippen LogP contribution < -0.4 is 15.8 Å². The Morgan fingerprint density at radius 2 is 1.88 bits per heavy atom. The maximum Gasteiger partial charge on any atom is 0.319 e. The summed E-state index contributed by atoms with van der Waals surface area (Å²) < 4.78 is 5.65. The number of carbonyl (C=O) groups excluding carboxylic acids is 2. The van der Waals surface area contributed by atoms with Crippen molar-refractivity contribution in [3.8, 4) is 11.8 Å². The van der Waals surface area contributed by atoms with Gasteiger partial charge >= 0.3 is 6.03 Å². The lowest BCUT2D eigenvalue weighted by atomic mass is 10.1.